The quantitative estimate of drug-likeness (QED) is 0.714. The molecule has 1 fully saturated rings. The second-order valence-corrected chi connectivity index (χ2v) is 7.38. The van der Waals surface area contributed by atoms with Gasteiger partial charge in [-0.1, -0.05) is 23.7 Å². The van der Waals surface area contributed by atoms with Gasteiger partial charge >= 0.3 is 0 Å². The van der Waals surface area contributed by atoms with Crippen molar-refractivity contribution in [2.75, 3.05) is 11.9 Å². The number of rotatable bonds is 5. The van der Waals surface area contributed by atoms with Crippen molar-refractivity contribution in [2.24, 2.45) is 0 Å². The van der Waals surface area contributed by atoms with Gasteiger partial charge in [0, 0.05) is 28.8 Å². The van der Waals surface area contributed by atoms with E-state index in [9.17, 15) is 4.79 Å². The molecule has 0 aliphatic carbocycles. The third-order valence-electron chi connectivity index (χ3n) is 4.11. The summed E-state index contributed by atoms with van der Waals surface area (Å²) in [4.78, 5) is 16.8. The van der Waals surface area contributed by atoms with Gasteiger partial charge in [0.15, 0.2) is 0 Å². The number of carbonyl (C=O) groups excluding carboxylic acids is 1. The van der Waals surface area contributed by atoms with E-state index in [0.29, 0.717) is 22.9 Å². The largest absolute Gasteiger partial charge is 0.376 e. The van der Waals surface area contributed by atoms with Crippen LogP contribution in [0.15, 0.2) is 42.0 Å². The van der Waals surface area contributed by atoms with Gasteiger partial charge in [-0.25, -0.2) is 4.98 Å². The van der Waals surface area contributed by atoms with E-state index in [0.717, 1.165) is 30.0 Å². The van der Waals surface area contributed by atoms with E-state index in [2.05, 4.69) is 15.4 Å². The Bertz CT molecular complexity index is 917. The molecule has 1 amide bonds. The summed E-state index contributed by atoms with van der Waals surface area (Å²) in [5.41, 5.74) is 1.91. The Kier molecular flexibility index (Phi) is 5.01. The number of ether oxygens (including phenoxy) is 1. The molecular formula is C18H17ClN4O2S. The second-order valence-electron chi connectivity index (χ2n) is 6.09. The minimum absolute atomic E-state index is 0.206. The number of aromatic nitrogens is 3. The Labute approximate surface area is 159 Å². The lowest BCUT2D eigenvalue weighted by atomic mass is 10.2. The van der Waals surface area contributed by atoms with E-state index in [1.54, 1.807) is 22.3 Å². The number of carbonyl (C=O) groups is 1. The molecule has 1 atom stereocenters. The fourth-order valence-electron chi connectivity index (χ4n) is 2.85. The van der Waals surface area contributed by atoms with Crippen molar-refractivity contribution < 1.29 is 9.53 Å². The summed E-state index contributed by atoms with van der Waals surface area (Å²) in [7, 11) is 0. The highest BCUT2D eigenvalue weighted by Gasteiger charge is 2.17. The van der Waals surface area contributed by atoms with Gasteiger partial charge in [0.05, 0.1) is 24.5 Å². The van der Waals surface area contributed by atoms with Crippen molar-refractivity contribution in [3.05, 3.63) is 52.8 Å². The number of anilines is 1. The van der Waals surface area contributed by atoms with E-state index in [1.807, 2.05) is 24.4 Å². The first-order valence-electron chi connectivity index (χ1n) is 8.34. The minimum Gasteiger partial charge on any atom is -0.376 e. The standard InChI is InChI=1S/C18H17ClN4O2S/c19-13-4-1-3-12(7-13)18-22-16(11-26-18)17(24)21-14-8-20-23(9-14)10-15-5-2-6-25-15/h1,3-4,7-9,11,15H,2,5-6,10H2,(H,21,24). The lowest BCUT2D eigenvalue weighted by Gasteiger charge is -2.08. The third-order valence-corrected chi connectivity index (χ3v) is 5.24. The summed E-state index contributed by atoms with van der Waals surface area (Å²) in [5, 5.41) is 10.2. The normalized spacial score (nSPS) is 16.7. The van der Waals surface area contributed by atoms with Gasteiger partial charge in [-0.3, -0.25) is 9.48 Å². The lowest BCUT2D eigenvalue weighted by molar-refractivity contribution is 0.0940. The van der Waals surface area contributed by atoms with Gasteiger partial charge in [0.1, 0.15) is 10.7 Å². The Morgan fingerprint density at radius 2 is 2.38 bits per heavy atom. The summed E-state index contributed by atoms with van der Waals surface area (Å²) in [6.45, 7) is 1.51. The van der Waals surface area contributed by atoms with Gasteiger partial charge in [0.2, 0.25) is 0 Å². The zero-order valence-electron chi connectivity index (χ0n) is 13.9. The predicted octanol–water partition coefficient (Wildman–Crippen LogP) is 4.09. The van der Waals surface area contributed by atoms with Crippen LogP contribution in [0.4, 0.5) is 5.69 Å². The third kappa shape index (κ3) is 3.95. The average molecular weight is 389 g/mol. The molecule has 2 aromatic heterocycles. The van der Waals surface area contributed by atoms with Crippen LogP contribution >= 0.6 is 22.9 Å². The summed E-state index contributed by atoms with van der Waals surface area (Å²) < 4.78 is 7.40. The van der Waals surface area contributed by atoms with Crippen molar-refractivity contribution in [3.8, 4) is 10.6 Å². The molecule has 134 valence electrons. The number of nitrogens with zero attached hydrogens (tertiary/aromatic N) is 3. The van der Waals surface area contributed by atoms with Crippen LogP contribution in [-0.2, 0) is 11.3 Å². The Morgan fingerprint density at radius 1 is 1.46 bits per heavy atom. The Balaban J connectivity index is 1.41. The molecule has 1 N–H and O–H groups in total. The lowest BCUT2D eigenvalue weighted by Crippen LogP contribution is -2.15. The van der Waals surface area contributed by atoms with Crippen LogP contribution in [0.5, 0.6) is 0 Å². The monoisotopic (exact) mass is 388 g/mol. The molecule has 3 heterocycles. The van der Waals surface area contributed by atoms with E-state index < -0.39 is 0 Å². The number of thiazole rings is 1. The number of hydrogen-bond acceptors (Lipinski definition) is 5. The molecule has 6 nitrogen and oxygen atoms in total. The van der Waals surface area contributed by atoms with E-state index in [-0.39, 0.29) is 12.0 Å². The van der Waals surface area contributed by atoms with Crippen LogP contribution in [-0.4, -0.2) is 33.4 Å². The van der Waals surface area contributed by atoms with Crippen molar-refractivity contribution in [2.45, 2.75) is 25.5 Å². The first-order valence-corrected chi connectivity index (χ1v) is 9.60. The summed E-state index contributed by atoms with van der Waals surface area (Å²) in [5.74, 6) is -0.258. The van der Waals surface area contributed by atoms with E-state index >= 15 is 0 Å². The van der Waals surface area contributed by atoms with Crippen LogP contribution in [0.3, 0.4) is 0 Å². The summed E-state index contributed by atoms with van der Waals surface area (Å²) in [6.07, 6.45) is 5.79. The van der Waals surface area contributed by atoms with Crippen LogP contribution < -0.4 is 5.32 Å². The second kappa shape index (κ2) is 7.57. The van der Waals surface area contributed by atoms with Crippen molar-refractivity contribution in [3.63, 3.8) is 0 Å². The topological polar surface area (TPSA) is 69.0 Å². The molecule has 1 aromatic carbocycles. The van der Waals surface area contributed by atoms with Crippen LogP contribution in [0, 0.1) is 0 Å². The van der Waals surface area contributed by atoms with Gasteiger partial charge in [-0.15, -0.1) is 11.3 Å². The van der Waals surface area contributed by atoms with Crippen LogP contribution in [0.2, 0.25) is 5.02 Å². The SMILES string of the molecule is O=C(Nc1cnn(CC2CCCO2)c1)c1csc(-c2cccc(Cl)c2)n1. The molecule has 1 unspecified atom stereocenters. The molecule has 8 heteroatoms. The maximum absolute atomic E-state index is 12.4. The van der Waals surface area contributed by atoms with Gasteiger partial charge in [0.25, 0.3) is 5.91 Å². The van der Waals surface area contributed by atoms with E-state index in [1.165, 1.54) is 11.3 Å². The maximum Gasteiger partial charge on any atom is 0.275 e. The molecule has 26 heavy (non-hydrogen) atoms. The highest BCUT2D eigenvalue weighted by atomic mass is 35.5. The summed E-state index contributed by atoms with van der Waals surface area (Å²) in [6, 6.07) is 7.42. The number of benzene rings is 1. The maximum atomic E-state index is 12.4. The van der Waals surface area contributed by atoms with Crippen LogP contribution in [0.25, 0.3) is 10.6 Å². The highest BCUT2D eigenvalue weighted by molar-refractivity contribution is 7.13. The Morgan fingerprint density at radius 3 is 3.19 bits per heavy atom. The molecule has 0 radical (unpaired) electrons. The molecular weight excluding hydrogens is 372 g/mol. The van der Waals surface area contributed by atoms with E-state index in [4.69, 9.17) is 16.3 Å². The molecule has 1 aliphatic heterocycles. The fraction of sp³-hybridized carbons (Fsp3) is 0.278. The fourth-order valence-corrected chi connectivity index (χ4v) is 3.84. The first kappa shape index (κ1) is 17.2. The zero-order chi connectivity index (χ0) is 17.9. The summed E-state index contributed by atoms with van der Waals surface area (Å²) >= 11 is 7.42. The van der Waals surface area contributed by atoms with Crippen molar-refractivity contribution in [1.29, 1.82) is 0 Å². The smallest absolute Gasteiger partial charge is 0.275 e. The number of nitrogens with one attached hydrogen (secondary N) is 1. The first-order chi connectivity index (χ1) is 12.7. The average Bonchev–Trinajstić information content (AvgIpc) is 3.37. The molecule has 1 aliphatic rings. The Hall–Kier alpha value is -2.22. The van der Waals surface area contributed by atoms with Gasteiger partial charge < -0.3 is 10.1 Å². The zero-order valence-corrected chi connectivity index (χ0v) is 15.5. The van der Waals surface area contributed by atoms with Gasteiger partial charge in [-0.2, -0.15) is 5.10 Å². The molecule has 0 saturated carbocycles. The number of halogens is 1. The van der Waals surface area contributed by atoms with Crippen molar-refractivity contribution in [1.82, 2.24) is 14.8 Å². The van der Waals surface area contributed by atoms with Gasteiger partial charge in [-0.05, 0) is 25.0 Å². The molecule has 0 spiro atoms. The van der Waals surface area contributed by atoms with Crippen molar-refractivity contribution >= 4 is 34.5 Å². The number of hydrogen-bond donors (Lipinski definition) is 1. The molecule has 1 saturated heterocycles. The minimum atomic E-state index is -0.258. The van der Waals surface area contributed by atoms with Crippen LogP contribution in [0.1, 0.15) is 23.3 Å². The predicted molar refractivity (Wildman–Crippen MR) is 102 cm³/mol. The highest BCUT2D eigenvalue weighted by Crippen LogP contribution is 2.26. The molecule has 3 aromatic rings. The molecule has 4 rings (SSSR count). The number of amides is 1. The molecule has 0 bridgehead atoms.